The number of nitrogens with two attached hydrogens (primary N) is 1. The molecular formula is C4H8N. The minimum Gasteiger partial charge on any atom is -0.327 e. The summed E-state index contributed by atoms with van der Waals surface area (Å²) in [6.07, 6.45) is 3.47. The predicted molar refractivity (Wildman–Crippen MR) is 23.6 cm³/mol. The summed E-state index contributed by atoms with van der Waals surface area (Å²) in [7, 11) is 0. The van der Waals surface area contributed by atoms with Gasteiger partial charge in [0.2, 0.25) is 0 Å². The molecule has 0 rings (SSSR count). The molecule has 0 aliphatic carbocycles. The lowest BCUT2D eigenvalue weighted by Gasteiger charge is -1.67. The van der Waals surface area contributed by atoms with Crippen LogP contribution in [-0.2, 0) is 0 Å². The van der Waals surface area contributed by atoms with E-state index in [1.165, 1.54) is 0 Å². The van der Waals surface area contributed by atoms with Crippen LogP contribution in [0.2, 0.25) is 0 Å². The van der Waals surface area contributed by atoms with Gasteiger partial charge in [0, 0.05) is 6.54 Å². The molecule has 2 N–H and O–H groups in total. The third-order valence-corrected chi connectivity index (χ3v) is 0.303. The second kappa shape index (κ2) is 3.70. The molecule has 0 aromatic rings. The van der Waals surface area contributed by atoms with Crippen LogP contribution in [0, 0.1) is 6.92 Å². The van der Waals surface area contributed by atoms with E-state index < -0.39 is 0 Å². The maximum absolute atomic E-state index is 5.01. The van der Waals surface area contributed by atoms with Gasteiger partial charge in [-0.15, -0.1) is 0 Å². The van der Waals surface area contributed by atoms with Crippen molar-refractivity contribution in [2.24, 2.45) is 5.73 Å². The highest BCUT2D eigenvalue weighted by molar-refractivity contribution is 4.83. The van der Waals surface area contributed by atoms with Crippen LogP contribution >= 0.6 is 0 Å². The molecule has 0 aromatic carbocycles. The van der Waals surface area contributed by atoms with Crippen LogP contribution in [0.1, 0.15) is 0 Å². The third-order valence-electron chi connectivity index (χ3n) is 0.303. The number of hydrogen-bond donors (Lipinski definition) is 1. The van der Waals surface area contributed by atoms with Gasteiger partial charge in [0.15, 0.2) is 0 Å². The molecule has 0 bridgehead atoms. The Morgan fingerprint density at radius 3 is 2.40 bits per heavy atom. The summed E-state index contributed by atoms with van der Waals surface area (Å²) in [6.45, 7) is 4.02. The molecule has 0 saturated heterocycles. The molecule has 29 valence electrons. The lowest BCUT2D eigenvalue weighted by Crippen LogP contribution is -1.91. The highest BCUT2D eigenvalue weighted by Crippen LogP contribution is 1.56. The van der Waals surface area contributed by atoms with Crippen LogP contribution in [0.5, 0.6) is 0 Å². The molecule has 0 fully saturated rings. The molecule has 0 amide bonds. The zero-order valence-electron chi connectivity index (χ0n) is 3.15. The minimum atomic E-state index is 0.601. The molecule has 0 aliphatic heterocycles. The molecule has 1 nitrogen and oxygen atoms in total. The van der Waals surface area contributed by atoms with Crippen molar-refractivity contribution in [2.45, 2.75) is 0 Å². The van der Waals surface area contributed by atoms with Gasteiger partial charge in [0.1, 0.15) is 0 Å². The smallest absolute Gasteiger partial charge is 0.0106 e. The lowest BCUT2D eigenvalue weighted by molar-refractivity contribution is 1.25. The van der Waals surface area contributed by atoms with E-state index in [1.807, 2.05) is 0 Å². The molecule has 1 radical (unpaired) electrons. The van der Waals surface area contributed by atoms with E-state index in [2.05, 4.69) is 6.92 Å². The van der Waals surface area contributed by atoms with Crippen molar-refractivity contribution < 1.29 is 0 Å². The maximum atomic E-state index is 5.01. The van der Waals surface area contributed by atoms with Gasteiger partial charge in [-0.2, -0.15) is 0 Å². The Morgan fingerprint density at radius 1 is 1.80 bits per heavy atom. The second-order valence-corrected chi connectivity index (χ2v) is 0.707. The molecule has 0 aliphatic rings. The van der Waals surface area contributed by atoms with Gasteiger partial charge in [0.05, 0.1) is 0 Å². The normalized spacial score (nSPS) is 10.0. The van der Waals surface area contributed by atoms with Gasteiger partial charge >= 0.3 is 0 Å². The monoisotopic (exact) mass is 70.1 g/mol. The van der Waals surface area contributed by atoms with E-state index in [9.17, 15) is 0 Å². The first-order chi connectivity index (χ1) is 2.41. The number of hydrogen-bond acceptors (Lipinski definition) is 1. The maximum Gasteiger partial charge on any atom is 0.0106 e. The standard InChI is InChI=1S/C4H8N/c1-2-3-4-5/h2-3H,1,4-5H2/b3-2+. The van der Waals surface area contributed by atoms with E-state index in [4.69, 9.17) is 5.73 Å². The van der Waals surface area contributed by atoms with Crippen LogP contribution in [0.4, 0.5) is 0 Å². The summed E-state index contributed by atoms with van der Waals surface area (Å²) in [4.78, 5) is 0. The summed E-state index contributed by atoms with van der Waals surface area (Å²) in [6, 6.07) is 0. The lowest BCUT2D eigenvalue weighted by atomic mass is 10.5. The summed E-state index contributed by atoms with van der Waals surface area (Å²) in [5, 5.41) is 0. The van der Waals surface area contributed by atoms with Gasteiger partial charge in [0.25, 0.3) is 0 Å². The fourth-order valence-corrected chi connectivity index (χ4v) is 0.0962. The number of rotatable bonds is 1. The molecule has 0 unspecified atom stereocenters. The Hall–Kier alpha value is -0.300. The van der Waals surface area contributed by atoms with Crippen molar-refractivity contribution >= 4 is 0 Å². The molecule has 0 saturated carbocycles. The highest BCUT2D eigenvalue weighted by atomic mass is 14.5. The van der Waals surface area contributed by atoms with Gasteiger partial charge in [-0.1, -0.05) is 12.2 Å². The largest absolute Gasteiger partial charge is 0.327 e. The van der Waals surface area contributed by atoms with E-state index in [0.29, 0.717) is 6.54 Å². The Balaban J connectivity index is 2.62. The molecule has 0 spiro atoms. The van der Waals surface area contributed by atoms with E-state index >= 15 is 0 Å². The first-order valence-corrected chi connectivity index (χ1v) is 1.56. The van der Waals surface area contributed by atoms with Crippen molar-refractivity contribution in [1.82, 2.24) is 0 Å². The first kappa shape index (κ1) is 4.70. The van der Waals surface area contributed by atoms with Gasteiger partial charge in [-0.05, 0) is 6.92 Å². The quantitative estimate of drug-likeness (QED) is 0.473. The Bertz CT molecular complexity index is 30.6. The molecule has 5 heavy (non-hydrogen) atoms. The zero-order chi connectivity index (χ0) is 4.12. The Labute approximate surface area is 32.5 Å². The van der Waals surface area contributed by atoms with E-state index in [-0.39, 0.29) is 0 Å². The van der Waals surface area contributed by atoms with Crippen molar-refractivity contribution in [3.05, 3.63) is 19.1 Å². The average molecular weight is 70.1 g/mol. The van der Waals surface area contributed by atoms with Crippen molar-refractivity contribution in [3.8, 4) is 0 Å². The van der Waals surface area contributed by atoms with Crippen LogP contribution < -0.4 is 5.73 Å². The average Bonchev–Trinajstić information content (AvgIpc) is 1.41. The van der Waals surface area contributed by atoms with E-state index in [1.54, 1.807) is 12.2 Å². The van der Waals surface area contributed by atoms with Crippen LogP contribution in [-0.4, -0.2) is 6.54 Å². The molecule has 1 heteroatoms. The van der Waals surface area contributed by atoms with Crippen LogP contribution in [0.3, 0.4) is 0 Å². The SMILES string of the molecule is [CH2]/C=C/CN. The Morgan fingerprint density at radius 2 is 2.40 bits per heavy atom. The van der Waals surface area contributed by atoms with Crippen molar-refractivity contribution in [2.75, 3.05) is 6.54 Å². The van der Waals surface area contributed by atoms with Gasteiger partial charge < -0.3 is 5.73 Å². The number of allylic oxidation sites excluding steroid dienone is 1. The van der Waals surface area contributed by atoms with Crippen molar-refractivity contribution in [3.63, 3.8) is 0 Å². The fraction of sp³-hybridized carbons (Fsp3) is 0.250. The summed E-state index contributed by atoms with van der Waals surface area (Å²) in [5.41, 5.74) is 5.01. The summed E-state index contributed by atoms with van der Waals surface area (Å²) >= 11 is 0. The van der Waals surface area contributed by atoms with Gasteiger partial charge in [-0.25, -0.2) is 0 Å². The van der Waals surface area contributed by atoms with Gasteiger partial charge in [-0.3, -0.25) is 0 Å². The summed E-state index contributed by atoms with van der Waals surface area (Å²) < 4.78 is 0. The molecule has 0 atom stereocenters. The third kappa shape index (κ3) is 3.70. The van der Waals surface area contributed by atoms with E-state index in [0.717, 1.165) is 0 Å². The highest BCUT2D eigenvalue weighted by Gasteiger charge is 1.51. The fourth-order valence-electron chi connectivity index (χ4n) is 0.0962. The minimum absolute atomic E-state index is 0.601. The van der Waals surface area contributed by atoms with Crippen LogP contribution in [0.15, 0.2) is 12.2 Å². The first-order valence-electron chi connectivity index (χ1n) is 1.56. The molecule has 0 heterocycles. The molecular weight excluding hydrogens is 62.1 g/mol. The Kier molecular flexibility index (Phi) is 3.48. The predicted octanol–water partition coefficient (Wildman–Crippen LogP) is 0.335. The second-order valence-electron chi connectivity index (χ2n) is 0.707. The van der Waals surface area contributed by atoms with Crippen LogP contribution in [0.25, 0.3) is 0 Å². The zero-order valence-corrected chi connectivity index (χ0v) is 3.15. The summed E-state index contributed by atoms with van der Waals surface area (Å²) in [5.74, 6) is 0. The molecule has 0 aromatic heterocycles. The topological polar surface area (TPSA) is 26.0 Å². The van der Waals surface area contributed by atoms with Crippen molar-refractivity contribution in [1.29, 1.82) is 0 Å².